The zero-order chi connectivity index (χ0) is 15.3. The van der Waals surface area contributed by atoms with Crippen LogP contribution in [0.25, 0.3) is 4.85 Å². The van der Waals surface area contributed by atoms with Gasteiger partial charge in [0, 0.05) is 6.54 Å². The predicted molar refractivity (Wildman–Crippen MR) is 76.5 cm³/mol. The molecule has 1 aromatic carbocycles. The molecule has 21 heavy (non-hydrogen) atoms. The molecule has 6 nitrogen and oxygen atoms in total. The van der Waals surface area contributed by atoms with Gasteiger partial charge in [0.05, 0.1) is 23.4 Å². The van der Waals surface area contributed by atoms with Gasteiger partial charge in [0.15, 0.2) is 0 Å². The highest BCUT2D eigenvalue weighted by Gasteiger charge is 2.52. The molecular weight excluding hydrogens is 294 g/mol. The molecule has 0 saturated carbocycles. The first-order chi connectivity index (χ1) is 9.97. The van der Waals surface area contributed by atoms with Crippen molar-refractivity contribution in [3.63, 3.8) is 0 Å². The average Bonchev–Trinajstić information content (AvgIpc) is 2.95. The van der Waals surface area contributed by atoms with Crippen LogP contribution in [-0.2, 0) is 4.79 Å². The Balaban J connectivity index is 2.07. The standard InChI is InChI=1S/C14H12ClN3O3/c1-7-9(4-3-8(16-2)11(7)15)18-13(20)12-10(19)5-6-17(12)14(18)21/h3-4,10,12,19H,5-6H2,1H3/t10-,12+/m1/s1. The summed E-state index contributed by atoms with van der Waals surface area (Å²) in [6.45, 7) is 9.04. The van der Waals surface area contributed by atoms with Crippen LogP contribution in [0.5, 0.6) is 0 Å². The average molecular weight is 306 g/mol. The summed E-state index contributed by atoms with van der Waals surface area (Å²) in [6.07, 6.45) is -0.420. The summed E-state index contributed by atoms with van der Waals surface area (Å²) >= 11 is 6.10. The second kappa shape index (κ2) is 4.72. The maximum Gasteiger partial charge on any atom is 0.332 e. The number of aliphatic hydroxyl groups is 1. The van der Waals surface area contributed by atoms with Gasteiger partial charge < -0.3 is 10.0 Å². The highest BCUT2D eigenvalue weighted by Crippen LogP contribution is 2.38. The van der Waals surface area contributed by atoms with Crippen LogP contribution in [0.4, 0.5) is 16.2 Å². The molecule has 2 atom stereocenters. The van der Waals surface area contributed by atoms with Crippen LogP contribution in [0.2, 0.25) is 5.02 Å². The van der Waals surface area contributed by atoms with E-state index in [4.69, 9.17) is 18.2 Å². The van der Waals surface area contributed by atoms with Gasteiger partial charge in [0.2, 0.25) is 5.69 Å². The van der Waals surface area contributed by atoms with Crippen molar-refractivity contribution in [3.8, 4) is 0 Å². The smallest absolute Gasteiger partial charge is 0.332 e. The Labute approximate surface area is 126 Å². The summed E-state index contributed by atoms with van der Waals surface area (Å²) in [4.78, 5) is 30.5. The van der Waals surface area contributed by atoms with Crippen LogP contribution in [0.15, 0.2) is 12.1 Å². The summed E-state index contributed by atoms with van der Waals surface area (Å²) < 4.78 is 0. The number of hydrogen-bond acceptors (Lipinski definition) is 3. The van der Waals surface area contributed by atoms with E-state index in [1.165, 1.54) is 11.0 Å². The first kappa shape index (κ1) is 13.9. The van der Waals surface area contributed by atoms with E-state index in [-0.39, 0.29) is 10.7 Å². The quantitative estimate of drug-likeness (QED) is 0.638. The summed E-state index contributed by atoms with van der Waals surface area (Å²) in [5.74, 6) is -0.445. The van der Waals surface area contributed by atoms with Crippen molar-refractivity contribution < 1.29 is 14.7 Å². The molecule has 1 aromatic rings. The van der Waals surface area contributed by atoms with Gasteiger partial charge in [-0.15, -0.1) is 0 Å². The Kier molecular flexibility index (Phi) is 3.12. The van der Waals surface area contributed by atoms with Crippen LogP contribution in [-0.4, -0.2) is 40.6 Å². The van der Waals surface area contributed by atoms with Gasteiger partial charge in [0.25, 0.3) is 5.91 Å². The number of amides is 3. The number of aliphatic hydroxyl groups excluding tert-OH is 1. The van der Waals surface area contributed by atoms with Crippen LogP contribution < -0.4 is 4.90 Å². The zero-order valence-electron chi connectivity index (χ0n) is 11.2. The van der Waals surface area contributed by atoms with Gasteiger partial charge in [0.1, 0.15) is 6.04 Å². The van der Waals surface area contributed by atoms with Gasteiger partial charge >= 0.3 is 6.03 Å². The fourth-order valence-corrected chi connectivity index (χ4v) is 3.06. The van der Waals surface area contributed by atoms with Gasteiger partial charge in [-0.3, -0.25) is 4.79 Å². The monoisotopic (exact) mass is 305 g/mol. The molecule has 0 bridgehead atoms. The van der Waals surface area contributed by atoms with E-state index in [1.54, 1.807) is 13.0 Å². The largest absolute Gasteiger partial charge is 0.390 e. The topological polar surface area (TPSA) is 65.2 Å². The highest BCUT2D eigenvalue weighted by atomic mass is 35.5. The number of carbonyl (C=O) groups is 2. The maximum absolute atomic E-state index is 12.4. The molecular formula is C14H12ClN3O3. The third kappa shape index (κ3) is 1.82. The van der Waals surface area contributed by atoms with E-state index in [0.717, 1.165) is 4.90 Å². The third-order valence-corrected chi connectivity index (χ3v) is 4.45. The number of carbonyl (C=O) groups excluding carboxylic acids is 2. The molecule has 2 aliphatic rings. The highest BCUT2D eigenvalue weighted by molar-refractivity contribution is 6.35. The van der Waals surface area contributed by atoms with E-state index in [0.29, 0.717) is 24.2 Å². The fraction of sp³-hybridized carbons (Fsp3) is 0.357. The molecule has 2 heterocycles. The molecule has 2 aliphatic heterocycles. The SMILES string of the molecule is [C-]#[N+]c1ccc(N2C(=O)[C@@H]3[C@H](O)CCN3C2=O)c(C)c1Cl. The Hall–Kier alpha value is -2.10. The number of imide groups is 1. The molecule has 0 aromatic heterocycles. The second-order valence-electron chi connectivity index (χ2n) is 5.11. The van der Waals surface area contributed by atoms with Crippen LogP contribution in [0.3, 0.4) is 0 Å². The van der Waals surface area contributed by atoms with E-state index < -0.39 is 24.1 Å². The fourth-order valence-electron chi connectivity index (χ4n) is 2.85. The van der Waals surface area contributed by atoms with Crippen molar-refractivity contribution in [2.45, 2.75) is 25.5 Å². The molecule has 3 rings (SSSR count). The molecule has 2 saturated heterocycles. The number of urea groups is 1. The molecule has 0 unspecified atom stereocenters. The number of benzene rings is 1. The molecule has 2 fully saturated rings. The van der Waals surface area contributed by atoms with Gasteiger partial charge in [-0.1, -0.05) is 17.7 Å². The van der Waals surface area contributed by atoms with E-state index >= 15 is 0 Å². The number of anilines is 1. The summed E-state index contributed by atoms with van der Waals surface area (Å²) in [7, 11) is 0. The van der Waals surface area contributed by atoms with Crippen molar-refractivity contribution in [3.05, 3.63) is 34.1 Å². The van der Waals surface area contributed by atoms with E-state index in [1.807, 2.05) is 0 Å². The van der Waals surface area contributed by atoms with E-state index in [2.05, 4.69) is 4.85 Å². The first-order valence-corrected chi connectivity index (χ1v) is 6.84. The molecule has 1 N–H and O–H groups in total. The number of fused-ring (bicyclic) bond motifs is 1. The first-order valence-electron chi connectivity index (χ1n) is 6.46. The number of halogens is 1. The Morgan fingerprint density at radius 1 is 1.43 bits per heavy atom. The van der Waals surface area contributed by atoms with Crippen molar-refractivity contribution in [1.29, 1.82) is 0 Å². The van der Waals surface area contributed by atoms with Crippen LogP contribution in [0, 0.1) is 13.5 Å². The van der Waals surface area contributed by atoms with Crippen molar-refractivity contribution in [2.75, 3.05) is 11.4 Å². The number of rotatable bonds is 1. The maximum atomic E-state index is 12.4. The predicted octanol–water partition coefficient (Wildman–Crippen LogP) is 2.10. The summed E-state index contributed by atoms with van der Waals surface area (Å²) in [5, 5.41) is 10.1. The second-order valence-corrected chi connectivity index (χ2v) is 5.48. The molecule has 7 heteroatoms. The lowest BCUT2D eigenvalue weighted by molar-refractivity contribution is -0.121. The van der Waals surface area contributed by atoms with Crippen molar-refractivity contribution in [1.82, 2.24) is 4.90 Å². The Morgan fingerprint density at radius 3 is 2.76 bits per heavy atom. The van der Waals surface area contributed by atoms with E-state index in [9.17, 15) is 14.7 Å². The minimum absolute atomic E-state index is 0.232. The molecule has 0 spiro atoms. The number of hydrogen-bond donors (Lipinski definition) is 1. The van der Waals surface area contributed by atoms with Gasteiger partial charge in [-0.25, -0.2) is 14.5 Å². The summed E-state index contributed by atoms with van der Waals surface area (Å²) in [6, 6.07) is 1.77. The lowest BCUT2D eigenvalue weighted by atomic mass is 10.1. The Bertz CT molecular complexity index is 697. The normalized spacial score (nSPS) is 24.5. The zero-order valence-corrected chi connectivity index (χ0v) is 12.0. The molecule has 108 valence electrons. The minimum Gasteiger partial charge on any atom is -0.390 e. The molecule has 3 amide bonds. The Morgan fingerprint density at radius 2 is 2.14 bits per heavy atom. The van der Waals surface area contributed by atoms with Crippen LogP contribution in [0.1, 0.15) is 12.0 Å². The van der Waals surface area contributed by atoms with Crippen molar-refractivity contribution in [2.24, 2.45) is 0 Å². The van der Waals surface area contributed by atoms with Gasteiger partial charge in [-0.2, -0.15) is 0 Å². The molecule has 0 radical (unpaired) electrons. The molecule has 0 aliphatic carbocycles. The summed E-state index contributed by atoms with van der Waals surface area (Å²) in [5.41, 5.74) is 1.14. The lowest BCUT2D eigenvalue weighted by Gasteiger charge is -2.19. The minimum atomic E-state index is -0.829. The van der Waals surface area contributed by atoms with Gasteiger partial charge in [-0.05, 0) is 25.0 Å². The van der Waals surface area contributed by atoms with Crippen LogP contribution >= 0.6 is 11.6 Å². The van der Waals surface area contributed by atoms with Crippen molar-refractivity contribution >= 4 is 34.9 Å². The number of nitrogens with zero attached hydrogens (tertiary/aromatic N) is 3. The lowest BCUT2D eigenvalue weighted by Crippen LogP contribution is -2.36. The third-order valence-electron chi connectivity index (χ3n) is 3.98.